The highest BCUT2D eigenvalue weighted by atomic mass is 32.1. The zero-order chi connectivity index (χ0) is 26.6. The molecule has 1 saturated heterocycles. The maximum Gasteiger partial charge on any atom is 0.323 e. The van der Waals surface area contributed by atoms with Gasteiger partial charge in [-0.05, 0) is 61.7 Å². The molecule has 8 nitrogen and oxygen atoms in total. The first-order valence-electron chi connectivity index (χ1n) is 12.1. The first-order chi connectivity index (χ1) is 18.4. The molecule has 2 N–H and O–H groups in total. The molecule has 0 bridgehead atoms. The van der Waals surface area contributed by atoms with Gasteiger partial charge in [0.1, 0.15) is 35.2 Å². The lowest BCUT2D eigenvalue weighted by atomic mass is 9.97. The summed E-state index contributed by atoms with van der Waals surface area (Å²) in [5.41, 5.74) is 1.51. The van der Waals surface area contributed by atoms with Crippen molar-refractivity contribution in [3.8, 4) is 16.9 Å². The molecule has 0 aliphatic carbocycles. The van der Waals surface area contributed by atoms with Crippen LogP contribution < -0.4 is 10.1 Å². The molecule has 1 fully saturated rings. The fraction of sp³-hybridized carbons (Fsp3) is 0.296. The van der Waals surface area contributed by atoms with Crippen LogP contribution in [-0.2, 0) is 11.4 Å². The van der Waals surface area contributed by atoms with Crippen molar-refractivity contribution in [2.75, 3.05) is 26.2 Å². The zero-order valence-electron chi connectivity index (χ0n) is 20.3. The molecular weight excluding hydrogens is 516 g/mol. The highest BCUT2D eigenvalue weighted by Crippen LogP contribution is 2.33. The molecule has 1 amide bonds. The third-order valence-electron chi connectivity index (χ3n) is 6.48. The van der Waals surface area contributed by atoms with Crippen molar-refractivity contribution < 1.29 is 32.6 Å². The molecule has 2 aromatic heterocycles. The number of aliphatic carboxylic acids is 1. The van der Waals surface area contributed by atoms with E-state index in [-0.39, 0.29) is 35.7 Å². The summed E-state index contributed by atoms with van der Waals surface area (Å²) in [4.78, 5) is 30.1. The molecule has 2 aromatic carbocycles. The third-order valence-corrected chi connectivity index (χ3v) is 7.30. The van der Waals surface area contributed by atoms with Crippen LogP contribution >= 0.6 is 11.3 Å². The van der Waals surface area contributed by atoms with Crippen molar-refractivity contribution in [3.63, 3.8) is 0 Å². The topological polar surface area (TPSA) is 105 Å². The molecule has 0 spiro atoms. The van der Waals surface area contributed by atoms with Crippen LogP contribution in [0.15, 0.2) is 52.5 Å². The molecule has 0 saturated carbocycles. The van der Waals surface area contributed by atoms with Crippen LogP contribution in [-0.4, -0.2) is 53.0 Å². The number of halogens is 2. The average molecular weight is 542 g/mol. The second kappa shape index (κ2) is 11.3. The van der Waals surface area contributed by atoms with Gasteiger partial charge < -0.3 is 24.5 Å². The normalized spacial score (nSPS) is 14.1. The van der Waals surface area contributed by atoms with Gasteiger partial charge in [-0.25, -0.2) is 13.8 Å². The van der Waals surface area contributed by atoms with E-state index in [1.165, 1.54) is 28.6 Å². The van der Waals surface area contributed by atoms with Gasteiger partial charge >= 0.3 is 5.97 Å². The van der Waals surface area contributed by atoms with E-state index < -0.39 is 23.5 Å². The van der Waals surface area contributed by atoms with E-state index in [1.807, 2.05) is 0 Å². The fourth-order valence-corrected chi connectivity index (χ4v) is 5.24. The molecule has 4 aromatic rings. The van der Waals surface area contributed by atoms with Gasteiger partial charge in [-0.15, -0.1) is 11.3 Å². The van der Waals surface area contributed by atoms with Crippen LogP contribution in [0.2, 0.25) is 0 Å². The van der Waals surface area contributed by atoms with Gasteiger partial charge in [0.25, 0.3) is 5.91 Å². The van der Waals surface area contributed by atoms with Crippen molar-refractivity contribution in [1.82, 2.24) is 15.2 Å². The summed E-state index contributed by atoms with van der Waals surface area (Å²) in [7, 11) is 0. The molecule has 11 heteroatoms. The number of benzene rings is 2. The minimum Gasteiger partial charge on any atom is -0.486 e. The highest BCUT2D eigenvalue weighted by Gasteiger charge is 2.25. The number of amides is 1. The number of ether oxygens (including phenoxy) is 1. The molecular formula is C27H25F2N3O5S. The van der Waals surface area contributed by atoms with E-state index in [0.717, 1.165) is 32.0 Å². The number of carboxylic acids is 1. The van der Waals surface area contributed by atoms with E-state index in [2.05, 4.69) is 10.3 Å². The van der Waals surface area contributed by atoms with Gasteiger partial charge in [-0.2, -0.15) is 0 Å². The smallest absolute Gasteiger partial charge is 0.323 e. The molecule has 0 unspecified atom stereocenters. The molecule has 198 valence electrons. The number of hydrogen-bond acceptors (Lipinski definition) is 7. The summed E-state index contributed by atoms with van der Waals surface area (Å²) in [6.45, 7) is 1.82. The number of carboxylic acid groups (broad SMARTS) is 1. The Morgan fingerprint density at radius 1 is 1.18 bits per heavy atom. The highest BCUT2D eigenvalue weighted by molar-refractivity contribution is 7.09. The van der Waals surface area contributed by atoms with Crippen LogP contribution in [0, 0.1) is 17.6 Å². The number of thiazole rings is 1. The largest absolute Gasteiger partial charge is 0.486 e. The Morgan fingerprint density at radius 2 is 1.95 bits per heavy atom. The number of piperidine rings is 1. The first-order valence-corrected chi connectivity index (χ1v) is 13.0. The van der Waals surface area contributed by atoms with Gasteiger partial charge in [-0.1, -0.05) is 12.1 Å². The van der Waals surface area contributed by atoms with E-state index in [1.54, 1.807) is 29.6 Å². The fourth-order valence-electron chi connectivity index (χ4n) is 4.56. The Hall–Kier alpha value is -3.83. The van der Waals surface area contributed by atoms with Gasteiger partial charge in [0, 0.05) is 17.5 Å². The van der Waals surface area contributed by atoms with Gasteiger partial charge in [-0.3, -0.25) is 9.59 Å². The third kappa shape index (κ3) is 5.68. The summed E-state index contributed by atoms with van der Waals surface area (Å²) >= 11 is 1.25. The molecule has 38 heavy (non-hydrogen) atoms. The Labute approximate surface area is 220 Å². The maximum atomic E-state index is 14.0. The van der Waals surface area contributed by atoms with Crippen molar-refractivity contribution in [2.45, 2.75) is 19.4 Å². The summed E-state index contributed by atoms with van der Waals surface area (Å²) in [6, 6.07) is 9.30. The summed E-state index contributed by atoms with van der Waals surface area (Å²) in [5, 5.41) is 14.8. The monoisotopic (exact) mass is 541 g/mol. The molecule has 0 atom stereocenters. The Bertz CT molecular complexity index is 1450. The number of fused-ring (bicyclic) bond motifs is 1. The van der Waals surface area contributed by atoms with Gasteiger partial charge in [0.15, 0.2) is 11.6 Å². The molecule has 0 radical (unpaired) electrons. The Balaban J connectivity index is 1.23. The molecule has 1 aliphatic heterocycles. The minimum absolute atomic E-state index is 0.0760. The maximum absolute atomic E-state index is 14.0. The van der Waals surface area contributed by atoms with Gasteiger partial charge in [0.2, 0.25) is 0 Å². The van der Waals surface area contributed by atoms with Crippen LogP contribution in [0.4, 0.5) is 8.78 Å². The van der Waals surface area contributed by atoms with Crippen molar-refractivity contribution in [2.24, 2.45) is 5.92 Å². The number of aromatic nitrogens is 1. The lowest BCUT2D eigenvalue weighted by Crippen LogP contribution is -2.42. The number of carbonyl (C=O) groups is 2. The summed E-state index contributed by atoms with van der Waals surface area (Å²) in [5.74, 6) is -2.61. The minimum atomic E-state index is -1.06. The van der Waals surface area contributed by atoms with E-state index in [0.29, 0.717) is 28.4 Å². The predicted octanol–water partition coefficient (Wildman–Crippen LogP) is 4.94. The van der Waals surface area contributed by atoms with Crippen molar-refractivity contribution in [1.29, 1.82) is 0 Å². The number of rotatable bonds is 9. The SMILES string of the molecule is O=C(O)CN(CC1CCNCC1)C(=O)c1csc(COc2ccc(-c3cc(F)c(F)c4ccoc34)cc2)n1. The van der Waals surface area contributed by atoms with Crippen LogP contribution in [0.5, 0.6) is 5.75 Å². The van der Waals surface area contributed by atoms with Crippen LogP contribution in [0.25, 0.3) is 22.1 Å². The van der Waals surface area contributed by atoms with Crippen molar-refractivity contribution in [3.05, 3.63) is 70.4 Å². The van der Waals surface area contributed by atoms with E-state index >= 15 is 0 Å². The quantitative estimate of drug-likeness (QED) is 0.309. The standard InChI is InChI=1S/C27H25F2N3O5S/c28-21-11-20(26-19(25(21)29)7-10-36-26)17-1-3-18(4-2-17)37-14-23-31-22(15-38-23)27(35)32(13-24(33)34)12-16-5-8-30-9-6-16/h1-4,7,10-11,15-16,30H,5-6,8-9,12-14H2,(H,33,34). The number of nitrogens with one attached hydrogen (secondary N) is 1. The summed E-state index contributed by atoms with van der Waals surface area (Å²) < 4.78 is 39.2. The Kier molecular flexibility index (Phi) is 7.66. The van der Waals surface area contributed by atoms with E-state index in [9.17, 15) is 23.5 Å². The lowest BCUT2D eigenvalue weighted by molar-refractivity contribution is -0.137. The molecule has 5 rings (SSSR count). The van der Waals surface area contributed by atoms with Crippen molar-refractivity contribution >= 4 is 34.2 Å². The average Bonchev–Trinajstić information content (AvgIpc) is 3.60. The molecule has 3 heterocycles. The number of carbonyl (C=O) groups excluding carboxylic acids is 1. The van der Waals surface area contributed by atoms with Crippen LogP contribution in [0.3, 0.4) is 0 Å². The van der Waals surface area contributed by atoms with Gasteiger partial charge in [0.05, 0.1) is 11.6 Å². The first kappa shape index (κ1) is 25.8. The number of hydrogen-bond donors (Lipinski definition) is 2. The van der Waals surface area contributed by atoms with E-state index in [4.69, 9.17) is 9.15 Å². The Morgan fingerprint density at radius 3 is 2.68 bits per heavy atom. The summed E-state index contributed by atoms with van der Waals surface area (Å²) in [6.07, 6.45) is 3.09. The number of nitrogens with zero attached hydrogens (tertiary/aromatic N) is 2. The zero-order valence-corrected chi connectivity index (χ0v) is 21.1. The second-order valence-corrected chi connectivity index (χ2v) is 10.0. The lowest BCUT2D eigenvalue weighted by Gasteiger charge is -2.28. The number of furan rings is 1. The second-order valence-electron chi connectivity index (χ2n) is 9.10. The molecule has 1 aliphatic rings. The van der Waals surface area contributed by atoms with Crippen LogP contribution in [0.1, 0.15) is 28.3 Å². The predicted molar refractivity (Wildman–Crippen MR) is 137 cm³/mol.